The second-order valence-electron chi connectivity index (χ2n) is 7.12. The highest BCUT2D eigenvalue weighted by Crippen LogP contribution is 2.09. The minimum absolute atomic E-state index is 0.00778. The summed E-state index contributed by atoms with van der Waals surface area (Å²) in [5, 5.41) is 9.61. The van der Waals surface area contributed by atoms with Crippen molar-refractivity contribution in [2.45, 2.75) is 52.1 Å². The Morgan fingerprint density at radius 2 is 2.07 bits per heavy atom. The SMILES string of the molecule is COC(=O)c1cn(CC(F)CCn2ccc(NC(=O)OC(C)(C)C)nc2=O)nn1. The van der Waals surface area contributed by atoms with Crippen molar-refractivity contribution in [3.63, 3.8) is 0 Å². The number of rotatable bonds is 7. The summed E-state index contributed by atoms with van der Waals surface area (Å²) in [4.78, 5) is 38.8. The first kappa shape index (κ1) is 22.0. The maximum Gasteiger partial charge on any atom is 0.413 e. The van der Waals surface area contributed by atoms with Crippen LogP contribution in [0, 0.1) is 0 Å². The summed E-state index contributed by atoms with van der Waals surface area (Å²) in [7, 11) is 1.21. The summed E-state index contributed by atoms with van der Waals surface area (Å²) >= 11 is 0. The fourth-order valence-corrected chi connectivity index (χ4v) is 2.24. The standard InChI is InChI=1S/C17H23FN6O5/c1-17(2,3)29-16(27)20-13-6-8-23(15(26)19-13)7-5-11(18)9-24-10-12(21-22-24)14(25)28-4/h6,8,10-11H,5,7,9H2,1-4H3,(H,19,20,26,27). The molecule has 29 heavy (non-hydrogen) atoms. The molecule has 2 heterocycles. The molecule has 1 atom stereocenters. The summed E-state index contributed by atoms with van der Waals surface area (Å²) in [6, 6.07) is 1.42. The van der Waals surface area contributed by atoms with Crippen molar-refractivity contribution in [1.29, 1.82) is 0 Å². The van der Waals surface area contributed by atoms with Crippen molar-refractivity contribution in [3.8, 4) is 0 Å². The van der Waals surface area contributed by atoms with Gasteiger partial charge in [-0.1, -0.05) is 5.21 Å². The number of methoxy groups -OCH3 is 1. The fraction of sp³-hybridized carbons (Fsp3) is 0.529. The number of amides is 1. The number of nitrogens with zero attached hydrogens (tertiary/aromatic N) is 5. The van der Waals surface area contributed by atoms with E-state index in [0.29, 0.717) is 0 Å². The molecule has 0 aromatic carbocycles. The van der Waals surface area contributed by atoms with Crippen LogP contribution in [0.25, 0.3) is 0 Å². The van der Waals surface area contributed by atoms with E-state index in [2.05, 4.69) is 25.3 Å². The third kappa shape index (κ3) is 6.97. The molecule has 0 saturated heterocycles. The predicted octanol–water partition coefficient (Wildman–Crippen LogP) is 1.40. The number of aromatic nitrogens is 5. The zero-order valence-corrected chi connectivity index (χ0v) is 16.6. The Balaban J connectivity index is 1.88. The molecule has 1 N–H and O–H groups in total. The van der Waals surface area contributed by atoms with Gasteiger partial charge in [-0.25, -0.2) is 23.5 Å². The minimum atomic E-state index is -1.34. The normalized spacial score (nSPS) is 12.3. The van der Waals surface area contributed by atoms with Gasteiger partial charge in [0.15, 0.2) is 5.69 Å². The molecule has 1 unspecified atom stereocenters. The lowest BCUT2D eigenvalue weighted by atomic mass is 10.2. The zero-order valence-electron chi connectivity index (χ0n) is 16.6. The highest BCUT2D eigenvalue weighted by Gasteiger charge is 2.17. The van der Waals surface area contributed by atoms with Crippen LogP contribution in [-0.4, -0.2) is 55.5 Å². The second-order valence-corrected chi connectivity index (χ2v) is 7.12. The topological polar surface area (TPSA) is 130 Å². The van der Waals surface area contributed by atoms with Crippen LogP contribution in [0.3, 0.4) is 0 Å². The molecular weight excluding hydrogens is 387 g/mol. The van der Waals surface area contributed by atoms with Crippen molar-refractivity contribution in [2.24, 2.45) is 0 Å². The highest BCUT2D eigenvalue weighted by molar-refractivity contribution is 5.86. The molecule has 2 aromatic heterocycles. The molecular formula is C17H23FN6O5. The van der Waals surface area contributed by atoms with Crippen molar-refractivity contribution in [1.82, 2.24) is 24.5 Å². The smallest absolute Gasteiger partial charge is 0.413 e. The van der Waals surface area contributed by atoms with Crippen LogP contribution in [0.4, 0.5) is 15.0 Å². The van der Waals surface area contributed by atoms with Crippen LogP contribution in [0.2, 0.25) is 0 Å². The number of hydrogen-bond donors (Lipinski definition) is 1. The average Bonchev–Trinajstić information content (AvgIpc) is 3.07. The number of nitrogens with one attached hydrogen (secondary N) is 1. The van der Waals surface area contributed by atoms with E-state index in [1.807, 2.05) is 0 Å². The van der Waals surface area contributed by atoms with Gasteiger partial charge in [-0.05, 0) is 33.3 Å². The first-order valence-electron chi connectivity index (χ1n) is 8.77. The van der Waals surface area contributed by atoms with Gasteiger partial charge in [0.2, 0.25) is 0 Å². The number of carbonyl (C=O) groups is 2. The Morgan fingerprint density at radius 3 is 2.69 bits per heavy atom. The number of alkyl halides is 1. The van der Waals surface area contributed by atoms with E-state index in [-0.39, 0.29) is 31.0 Å². The molecule has 2 rings (SSSR count). The molecule has 0 aliphatic heterocycles. The van der Waals surface area contributed by atoms with E-state index in [1.54, 1.807) is 20.8 Å². The van der Waals surface area contributed by atoms with Crippen LogP contribution in [0.1, 0.15) is 37.7 Å². The molecule has 158 valence electrons. The van der Waals surface area contributed by atoms with Crippen LogP contribution in [0.5, 0.6) is 0 Å². The summed E-state index contributed by atoms with van der Waals surface area (Å²) < 4.78 is 26.2. The van der Waals surface area contributed by atoms with E-state index in [0.717, 1.165) is 0 Å². The van der Waals surface area contributed by atoms with Gasteiger partial charge in [0.25, 0.3) is 0 Å². The molecule has 11 nitrogen and oxygen atoms in total. The zero-order chi connectivity index (χ0) is 21.6. The molecule has 0 bridgehead atoms. The summed E-state index contributed by atoms with van der Waals surface area (Å²) in [5.41, 5.74) is -1.34. The number of halogens is 1. The third-order valence-corrected chi connectivity index (χ3v) is 3.50. The van der Waals surface area contributed by atoms with Crippen LogP contribution < -0.4 is 11.0 Å². The Labute approximate surface area is 165 Å². The second kappa shape index (κ2) is 9.26. The molecule has 0 saturated carbocycles. The van der Waals surface area contributed by atoms with Gasteiger partial charge < -0.3 is 9.47 Å². The monoisotopic (exact) mass is 410 g/mol. The molecule has 0 radical (unpaired) electrons. The van der Waals surface area contributed by atoms with Gasteiger partial charge in [-0.2, -0.15) is 4.98 Å². The summed E-state index contributed by atoms with van der Waals surface area (Å²) in [6.07, 6.45) is 0.621. The molecule has 1 amide bonds. The number of aryl methyl sites for hydroxylation is 1. The molecule has 0 spiro atoms. The van der Waals surface area contributed by atoms with Crippen molar-refractivity contribution in [3.05, 3.63) is 34.6 Å². The van der Waals surface area contributed by atoms with Crippen molar-refractivity contribution in [2.75, 3.05) is 12.4 Å². The Kier molecular flexibility index (Phi) is 7.02. The van der Waals surface area contributed by atoms with E-state index >= 15 is 0 Å². The molecule has 0 aliphatic rings. The molecule has 12 heteroatoms. The Bertz CT molecular complexity index is 920. The van der Waals surface area contributed by atoms with Gasteiger partial charge in [0, 0.05) is 12.7 Å². The fourth-order valence-electron chi connectivity index (χ4n) is 2.24. The lowest BCUT2D eigenvalue weighted by Gasteiger charge is -2.19. The van der Waals surface area contributed by atoms with Gasteiger partial charge in [-0.3, -0.25) is 9.88 Å². The third-order valence-electron chi connectivity index (χ3n) is 3.50. The first-order valence-corrected chi connectivity index (χ1v) is 8.77. The first-order chi connectivity index (χ1) is 13.6. The Hall–Kier alpha value is -3.31. The van der Waals surface area contributed by atoms with E-state index in [1.165, 1.54) is 34.8 Å². The molecule has 0 aliphatic carbocycles. The quantitative estimate of drug-likeness (QED) is 0.678. The predicted molar refractivity (Wildman–Crippen MR) is 99.2 cm³/mol. The summed E-state index contributed by atoms with van der Waals surface area (Å²) in [5.74, 6) is -0.625. The number of hydrogen-bond acceptors (Lipinski definition) is 8. The van der Waals surface area contributed by atoms with E-state index < -0.39 is 29.5 Å². The largest absolute Gasteiger partial charge is 0.464 e. The average molecular weight is 410 g/mol. The molecule has 0 fully saturated rings. The van der Waals surface area contributed by atoms with Crippen molar-refractivity contribution >= 4 is 17.9 Å². The maximum atomic E-state index is 14.2. The van der Waals surface area contributed by atoms with Crippen molar-refractivity contribution < 1.29 is 23.5 Å². The van der Waals surface area contributed by atoms with Gasteiger partial charge >= 0.3 is 17.8 Å². The number of ether oxygens (including phenoxy) is 2. The number of anilines is 1. The van der Waals surface area contributed by atoms with Gasteiger partial charge in [-0.15, -0.1) is 5.10 Å². The van der Waals surface area contributed by atoms with Crippen LogP contribution in [-0.2, 0) is 22.6 Å². The lowest BCUT2D eigenvalue weighted by molar-refractivity contribution is 0.0591. The van der Waals surface area contributed by atoms with Crippen LogP contribution >= 0.6 is 0 Å². The summed E-state index contributed by atoms with van der Waals surface area (Å²) in [6.45, 7) is 5.06. The minimum Gasteiger partial charge on any atom is -0.464 e. The van der Waals surface area contributed by atoms with E-state index in [9.17, 15) is 18.8 Å². The number of carbonyl (C=O) groups excluding carboxylic acids is 2. The number of esters is 1. The van der Waals surface area contributed by atoms with Gasteiger partial charge in [0.05, 0.1) is 19.9 Å². The van der Waals surface area contributed by atoms with Gasteiger partial charge in [0.1, 0.15) is 17.6 Å². The van der Waals surface area contributed by atoms with Crippen LogP contribution in [0.15, 0.2) is 23.3 Å². The molecule has 2 aromatic rings. The maximum absolute atomic E-state index is 14.2. The Morgan fingerprint density at radius 1 is 1.34 bits per heavy atom. The van der Waals surface area contributed by atoms with E-state index in [4.69, 9.17) is 4.74 Å². The lowest BCUT2D eigenvalue weighted by Crippen LogP contribution is -2.29. The highest BCUT2D eigenvalue weighted by atomic mass is 19.1.